The molecule has 0 atom stereocenters. The Labute approximate surface area is 125 Å². The predicted molar refractivity (Wildman–Crippen MR) is 86.4 cm³/mol. The Morgan fingerprint density at radius 2 is 1.86 bits per heavy atom. The number of likely N-dealkylation sites (N-methyl/N-ethyl adjacent to an activating group) is 1. The van der Waals surface area contributed by atoms with Crippen molar-refractivity contribution in [3.63, 3.8) is 0 Å². The Kier molecular flexibility index (Phi) is 4.60. The Morgan fingerprint density at radius 3 is 2.57 bits per heavy atom. The van der Waals surface area contributed by atoms with Crippen molar-refractivity contribution in [3.05, 3.63) is 42.5 Å². The first-order chi connectivity index (χ1) is 9.85. The number of rotatable bonds is 5. The molecule has 4 nitrogen and oxygen atoms in total. The van der Waals surface area contributed by atoms with Crippen molar-refractivity contribution in [2.45, 2.75) is 19.4 Å². The fourth-order valence-corrected chi connectivity index (χ4v) is 2.49. The minimum Gasteiger partial charge on any atom is -0.389 e. The smallest absolute Gasteiger partial charge is 0.238 e. The maximum absolute atomic E-state index is 12.1. The molecule has 0 spiro atoms. The van der Waals surface area contributed by atoms with Gasteiger partial charge in [0.25, 0.3) is 0 Å². The van der Waals surface area contributed by atoms with Crippen LogP contribution in [-0.4, -0.2) is 41.7 Å². The van der Waals surface area contributed by atoms with Crippen molar-refractivity contribution in [1.82, 2.24) is 4.90 Å². The van der Waals surface area contributed by atoms with Crippen LogP contribution >= 0.6 is 0 Å². The molecule has 0 aliphatic rings. The second kappa shape index (κ2) is 6.24. The third-order valence-electron chi connectivity index (χ3n) is 3.13. The lowest BCUT2D eigenvalue weighted by molar-refractivity contribution is -0.117. The number of carbonyl (C=O) groups excluding carboxylic acids is 1. The number of aliphatic hydroxyl groups is 1. The average molecular weight is 286 g/mol. The summed E-state index contributed by atoms with van der Waals surface area (Å²) in [5, 5.41) is 14.8. The van der Waals surface area contributed by atoms with Gasteiger partial charge in [-0.15, -0.1) is 0 Å². The minimum absolute atomic E-state index is 0.0851. The summed E-state index contributed by atoms with van der Waals surface area (Å²) in [5.74, 6) is -0.0851. The number of hydrogen-bond acceptors (Lipinski definition) is 3. The van der Waals surface area contributed by atoms with Crippen LogP contribution in [0.2, 0.25) is 0 Å². The Bertz CT molecular complexity index is 627. The zero-order chi connectivity index (χ0) is 15.5. The highest BCUT2D eigenvalue weighted by Gasteiger charge is 2.17. The molecule has 2 aromatic carbocycles. The van der Waals surface area contributed by atoms with Crippen LogP contribution in [0.3, 0.4) is 0 Å². The lowest BCUT2D eigenvalue weighted by Crippen LogP contribution is -2.40. The van der Waals surface area contributed by atoms with Gasteiger partial charge in [0, 0.05) is 17.6 Å². The number of carbonyl (C=O) groups is 1. The highest BCUT2D eigenvalue weighted by atomic mass is 16.3. The molecule has 4 heteroatoms. The molecule has 0 radical (unpaired) electrons. The molecule has 0 saturated heterocycles. The molecule has 0 fully saturated rings. The van der Waals surface area contributed by atoms with Gasteiger partial charge in [0.2, 0.25) is 5.91 Å². The summed E-state index contributed by atoms with van der Waals surface area (Å²) in [6.45, 7) is 4.14. The third-order valence-corrected chi connectivity index (χ3v) is 3.13. The molecule has 1 amide bonds. The van der Waals surface area contributed by atoms with E-state index in [9.17, 15) is 9.90 Å². The molecule has 21 heavy (non-hydrogen) atoms. The van der Waals surface area contributed by atoms with Crippen LogP contribution in [0.25, 0.3) is 10.8 Å². The summed E-state index contributed by atoms with van der Waals surface area (Å²) in [5.41, 5.74) is 0.00355. The van der Waals surface area contributed by atoms with Crippen LogP contribution in [0.4, 0.5) is 5.69 Å². The average Bonchev–Trinajstić information content (AvgIpc) is 2.36. The number of anilines is 1. The summed E-state index contributed by atoms with van der Waals surface area (Å²) >= 11 is 0. The molecule has 2 aromatic rings. The molecular weight excluding hydrogens is 264 g/mol. The van der Waals surface area contributed by atoms with E-state index < -0.39 is 5.60 Å². The maximum atomic E-state index is 12.1. The van der Waals surface area contributed by atoms with Crippen LogP contribution in [-0.2, 0) is 4.79 Å². The zero-order valence-corrected chi connectivity index (χ0v) is 12.8. The largest absolute Gasteiger partial charge is 0.389 e. The lowest BCUT2D eigenvalue weighted by atomic mass is 10.1. The lowest BCUT2D eigenvalue weighted by Gasteiger charge is -2.24. The van der Waals surface area contributed by atoms with Gasteiger partial charge in [-0.1, -0.05) is 36.4 Å². The molecule has 0 unspecified atom stereocenters. The molecule has 0 heterocycles. The van der Waals surface area contributed by atoms with E-state index >= 15 is 0 Å². The second-order valence-corrected chi connectivity index (χ2v) is 6.06. The van der Waals surface area contributed by atoms with Crippen molar-refractivity contribution >= 4 is 22.4 Å². The molecular formula is C17H22N2O2. The van der Waals surface area contributed by atoms with Gasteiger partial charge in [-0.3, -0.25) is 9.69 Å². The first kappa shape index (κ1) is 15.5. The number of amides is 1. The van der Waals surface area contributed by atoms with E-state index in [2.05, 4.69) is 5.32 Å². The van der Waals surface area contributed by atoms with Crippen LogP contribution in [0, 0.1) is 0 Å². The van der Waals surface area contributed by atoms with Crippen LogP contribution in [0.15, 0.2) is 42.5 Å². The van der Waals surface area contributed by atoms with E-state index in [0.29, 0.717) is 6.54 Å². The van der Waals surface area contributed by atoms with E-state index in [1.165, 1.54) is 0 Å². The van der Waals surface area contributed by atoms with Gasteiger partial charge >= 0.3 is 0 Å². The van der Waals surface area contributed by atoms with Crippen molar-refractivity contribution in [2.75, 3.05) is 25.5 Å². The van der Waals surface area contributed by atoms with Crippen molar-refractivity contribution in [1.29, 1.82) is 0 Å². The molecule has 0 aliphatic heterocycles. The summed E-state index contributed by atoms with van der Waals surface area (Å²) in [6, 6.07) is 13.8. The molecule has 0 bridgehead atoms. The van der Waals surface area contributed by atoms with Crippen LogP contribution in [0.1, 0.15) is 13.8 Å². The summed E-state index contributed by atoms with van der Waals surface area (Å²) in [4.78, 5) is 13.9. The van der Waals surface area contributed by atoms with E-state index in [4.69, 9.17) is 0 Å². The summed E-state index contributed by atoms with van der Waals surface area (Å²) in [7, 11) is 1.82. The molecule has 2 rings (SSSR count). The first-order valence-electron chi connectivity index (χ1n) is 7.04. The number of benzene rings is 2. The van der Waals surface area contributed by atoms with Gasteiger partial charge in [0.05, 0.1) is 12.1 Å². The Hall–Kier alpha value is -1.91. The second-order valence-electron chi connectivity index (χ2n) is 6.06. The van der Waals surface area contributed by atoms with Gasteiger partial charge in [-0.2, -0.15) is 0 Å². The molecule has 0 aromatic heterocycles. The van der Waals surface area contributed by atoms with E-state index in [1.54, 1.807) is 18.7 Å². The Morgan fingerprint density at radius 1 is 1.19 bits per heavy atom. The highest BCUT2D eigenvalue weighted by Crippen LogP contribution is 2.22. The summed E-state index contributed by atoms with van der Waals surface area (Å²) < 4.78 is 0. The minimum atomic E-state index is -0.811. The fourth-order valence-electron chi connectivity index (χ4n) is 2.49. The van der Waals surface area contributed by atoms with Crippen molar-refractivity contribution in [2.24, 2.45) is 0 Å². The number of hydrogen-bond donors (Lipinski definition) is 2. The maximum Gasteiger partial charge on any atom is 0.238 e. The summed E-state index contributed by atoms with van der Waals surface area (Å²) in [6.07, 6.45) is 0. The van der Waals surface area contributed by atoms with E-state index in [0.717, 1.165) is 16.5 Å². The monoisotopic (exact) mass is 286 g/mol. The number of nitrogens with zero attached hydrogens (tertiary/aromatic N) is 1. The molecule has 2 N–H and O–H groups in total. The standard InChI is InChI=1S/C17H22N2O2/c1-17(2,21)12-19(3)11-16(20)18-15-10-6-8-13-7-4-5-9-14(13)15/h4-10,21H,11-12H2,1-3H3,(H,18,20). The zero-order valence-electron chi connectivity index (χ0n) is 12.8. The number of nitrogens with one attached hydrogen (secondary N) is 1. The van der Waals surface area contributed by atoms with Gasteiger partial charge in [0.15, 0.2) is 0 Å². The van der Waals surface area contributed by atoms with E-state index in [-0.39, 0.29) is 12.5 Å². The normalized spacial score (nSPS) is 11.9. The van der Waals surface area contributed by atoms with Gasteiger partial charge in [-0.25, -0.2) is 0 Å². The molecule has 112 valence electrons. The Balaban J connectivity index is 2.05. The van der Waals surface area contributed by atoms with E-state index in [1.807, 2.05) is 49.5 Å². The van der Waals surface area contributed by atoms with Crippen LogP contribution in [0.5, 0.6) is 0 Å². The highest BCUT2D eigenvalue weighted by molar-refractivity contribution is 6.02. The third kappa shape index (κ3) is 4.55. The van der Waals surface area contributed by atoms with Crippen LogP contribution < -0.4 is 5.32 Å². The number of fused-ring (bicyclic) bond motifs is 1. The molecule has 0 aliphatic carbocycles. The molecule has 0 saturated carbocycles. The van der Waals surface area contributed by atoms with Crippen molar-refractivity contribution in [3.8, 4) is 0 Å². The quantitative estimate of drug-likeness (QED) is 0.888. The van der Waals surface area contributed by atoms with Crippen molar-refractivity contribution < 1.29 is 9.90 Å². The first-order valence-corrected chi connectivity index (χ1v) is 7.04. The van der Waals surface area contributed by atoms with Gasteiger partial charge in [-0.05, 0) is 32.3 Å². The fraction of sp³-hybridized carbons (Fsp3) is 0.353. The topological polar surface area (TPSA) is 52.6 Å². The van der Waals surface area contributed by atoms with Gasteiger partial charge < -0.3 is 10.4 Å². The predicted octanol–water partition coefficient (Wildman–Crippen LogP) is 2.48. The SMILES string of the molecule is CN(CC(=O)Nc1cccc2ccccc12)CC(C)(C)O. The van der Waals surface area contributed by atoms with Gasteiger partial charge in [0.1, 0.15) is 0 Å².